The minimum Gasteiger partial charge on any atom is -0.301 e. The zero-order valence-corrected chi connectivity index (χ0v) is 11.2. The van der Waals surface area contributed by atoms with Gasteiger partial charge in [-0.15, -0.1) is 0 Å². The topological polar surface area (TPSA) is 6.48 Å². The fourth-order valence-corrected chi connectivity index (χ4v) is 2.57. The molecule has 15 heavy (non-hydrogen) atoms. The molecule has 0 bridgehead atoms. The Hall–Kier alpha value is 0.270. The lowest BCUT2D eigenvalue weighted by Gasteiger charge is -2.36. The van der Waals surface area contributed by atoms with E-state index in [9.17, 15) is 0 Å². The van der Waals surface area contributed by atoms with Gasteiger partial charge in [0.15, 0.2) is 0 Å². The van der Waals surface area contributed by atoms with Gasteiger partial charge >= 0.3 is 0 Å². The summed E-state index contributed by atoms with van der Waals surface area (Å²) in [7, 11) is 0. The van der Waals surface area contributed by atoms with E-state index in [1.807, 2.05) is 0 Å². The Balaban J connectivity index is 2.19. The molecule has 0 aliphatic carbocycles. The first-order valence-corrected chi connectivity index (χ1v) is 6.99. The molecule has 1 aliphatic heterocycles. The minimum atomic E-state index is 0.783. The van der Waals surface area contributed by atoms with Crippen LogP contribution in [0.4, 0.5) is 0 Å². The van der Waals surface area contributed by atoms with Gasteiger partial charge in [0.05, 0.1) is 0 Å². The van der Waals surface area contributed by atoms with E-state index in [1.165, 1.54) is 52.1 Å². The molecule has 1 rings (SSSR count). The number of hydrogen-bond donors (Lipinski definition) is 1. The van der Waals surface area contributed by atoms with Crippen LogP contribution in [0.15, 0.2) is 0 Å². The van der Waals surface area contributed by atoms with Crippen molar-refractivity contribution in [3.05, 3.63) is 0 Å². The molecule has 0 aromatic rings. The maximum absolute atomic E-state index is 4.41. The van der Waals surface area contributed by atoms with E-state index in [0.29, 0.717) is 0 Å². The summed E-state index contributed by atoms with van der Waals surface area (Å²) < 4.78 is 0. The van der Waals surface area contributed by atoms with E-state index in [2.05, 4.69) is 36.3 Å². The first-order chi connectivity index (χ1) is 7.30. The summed E-state index contributed by atoms with van der Waals surface area (Å²) in [6, 6.07) is 0. The maximum Gasteiger partial charge on any atom is 0.0110 e. The van der Waals surface area contributed by atoms with E-state index >= 15 is 0 Å². The van der Waals surface area contributed by atoms with E-state index in [1.54, 1.807) is 0 Å². The van der Waals surface area contributed by atoms with Gasteiger partial charge in [0.25, 0.3) is 0 Å². The Labute approximate surface area is 100 Å². The summed E-state index contributed by atoms with van der Waals surface area (Å²) in [5, 5.41) is 0. The molecule has 0 aromatic heterocycles. The minimum absolute atomic E-state index is 0.783. The third-order valence-electron chi connectivity index (χ3n) is 3.36. The summed E-state index contributed by atoms with van der Waals surface area (Å²) in [4.78, 5) is 5.19. The smallest absolute Gasteiger partial charge is 0.0110 e. The molecule has 1 fully saturated rings. The molecular weight excluding hydrogens is 204 g/mol. The largest absolute Gasteiger partial charge is 0.301 e. The SMILES string of the molecule is CCCN1CCN(CC(CC)CS)CC1. The Morgan fingerprint density at radius 2 is 1.67 bits per heavy atom. The number of hydrogen-bond acceptors (Lipinski definition) is 3. The lowest BCUT2D eigenvalue weighted by molar-refractivity contribution is 0.120. The molecule has 0 radical (unpaired) electrons. The van der Waals surface area contributed by atoms with Gasteiger partial charge in [0.2, 0.25) is 0 Å². The van der Waals surface area contributed by atoms with Crippen LogP contribution >= 0.6 is 12.6 Å². The van der Waals surface area contributed by atoms with Crippen molar-refractivity contribution in [3.63, 3.8) is 0 Å². The highest BCUT2D eigenvalue weighted by Gasteiger charge is 2.18. The molecule has 3 heteroatoms. The highest BCUT2D eigenvalue weighted by molar-refractivity contribution is 7.80. The van der Waals surface area contributed by atoms with Crippen LogP contribution in [-0.4, -0.2) is 54.8 Å². The fraction of sp³-hybridized carbons (Fsp3) is 1.00. The van der Waals surface area contributed by atoms with Crippen LogP contribution in [0.5, 0.6) is 0 Å². The second kappa shape index (κ2) is 7.53. The summed E-state index contributed by atoms with van der Waals surface area (Å²) in [5.74, 6) is 1.82. The molecule has 2 nitrogen and oxygen atoms in total. The lowest BCUT2D eigenvalue weighted by atomic mass is 10.1. The van der Waals surface area contributed by atoms with Crippen molar-refractivity contribution >= 4 is 12.6 Å². The summed E-state index contributed by atoms with van der Waals surface area (Å²) in [6.07, 6.45) is 2.55. The molecule has 1 atom stereocenters. The van der Waals surface area contributed by atoms with Gasteiger partial charge in [-0.05, 0) is 24.6 Å². The lowest BCUT2D eigenvalue weighted by Crippen LogP contribution is -2.47. The molecule has 0 aromatic carbocycles. The van der Waals surface area contributed by atoms with Crippen LogP contribution in [0.3, 0.4) is 0 Å². The van der Waals surface area contributed by atoms with Gasteiger partial charge < -0.3 is 9.80 Å². The third-order valence-corrected chi connectivity index (χ3v) is 3.87. The molecule has 1 heterocycles. The average molecular weight is 230 g/mol. The molecule has 90 valence electrons. The standard InChI is InChI=1S/C12H26N2S/c1-3-5-13-6-8-14(9-7-13)10-12(4-2)11-15/h12,15H,3-11H2,1-2H3. The van der Waals surface area contributed by atoms with Crippen molar-refractivity contribution in [3.8, 4) is 0 Å². The number of nitrogens with zero attached hydrogens (tertiary/aromatic N) is 2. The monoisotopic (exact) mass is 230 g/mol. The highest BCUT2D eigenvalue weighted by Crippen LogP contribution is 2.10. The predicted molar refractivity (Wildman–Crippen MR) is 70.8 cm³/mol. The second-order valence-electron chi connectivity index (χ2n) is 4.60. The molecule has 1 saturated heterocycles. The molecular formula is C12H26N2S. The molecule has 0 spiro atoms. The van der Waals surface area contributed by atoms with Gasteiger partial charge in [-0.25, -0.2) is 0 Å². The van der Waals surface area contributed by atoms with Crippen molar-refractivity contribution in [1.82, 2.24) is 9.80 Å². The Morgan fingerprint density at radius 1 is 1.07 bits per heavy atom. The first-order valence-electron chi connectivity index (χ1n) is 6.35. The van der Waals surface area contributed by atoms with E-state index in [-0.39, 0.29) is 0 Å². The van der Waals surface area contributed by atoms with Crippen LogP contribution in [0.25, 0.3) is 0 Å². The van der Waals surface area contributed by atoms with E-state index in [0.717, 1.165) is 11.7 Å². The first kappa shape index (κ1) is 13.3. The predicted octanol–water partition coefficient (Wildman–Crippen LogP) is 1.97. The summed E-state index contributed by atoms with van der Waals surface area (Å²) in [6.45, 7) is 12.1. The van der Waals surface area contributed by atoms with Gasteiger partial charge in [-0.2, -0.15) is 12.6 Å². The quantitative estimate of drug-likeness (QED) is 0.697. The van der Waals surface area contributed by atoms with Gasteiger partial charge in [-0.1, -0.05) is 20.3 Å². The molecule has 0 saturated carbocycles. The number of piperazine rings is 1. The fourth-order valence-electron chi connectivity index (χ4n) is 2.19. The number of thiol groups is 1. The van der Waals surface area contributed by atoms with Crippen LogP contribution in [0.2, 0.25) is 0 Å². The van der Waals surface area contributed by atoms with Crippen LogP contribution < -0.4 is 0 Å². The van der Waals surface area contributed by atoms with Crippen LogP contribution in [-0.2, 0) is 0 Å². The van der Waals surface area contributed by atoms with Crippen LogP contribution in [0.1, 0.15) is 26.7 Å². The average Bonchev–Trinajstić information content (AvgIpc) is 2.28. The highest BCUT2D eigenvalue weighted by atomic mass is 32.1. The van der Waals surface area contributed by atoms with Crippen LogP contribution in [0, 0.1) is 5.92 Å². The number of rotatable bonds is 6. The van der Waals surface area contributed by atoms with E-state index in [4.69, 9.17) is 0 Å². The molecule has 1 aliphatic rings. The normalized spacial score (nSPS) is 21.8. The Morgan fingerprint density at radius 3 is 2.13 bits per heavy atom. The Bertz CT molecular complexity index is 152. The van der Waals surface area contributed by atoms with Crippen molar-refractivity contribution in [1.29, 1.82) is 0 Å². The zero-order valence-electron chi connectivity index (χ0n) is 10.3. The van der Waals surface area contributed by atoms with E-state index < -0.39 is 0 Å². The van der Waals surface area contributed by atoms with Crippen molar-refractivity contribution < 1.29 is 0 Å². The van der Waals surface area contributed by atoms with Crippen molar-refractivity contribution in [2.24, 2.45) is 5.92 Å². The molecule has 0 amide bonds. The zero-order chi connectivity index (χ0) is 11.1. The third kappa shape index (κ3) is 4.75. The Kier molecular flexibility index (Phi) is 6.69. The maximum atomic E-state index is 4.41. The van der Waals surface area contributed by atoms with Gasteiger partial charge in [0, 0.05) is 32.7 Å². The second-order valence-corrected chi connectivity index (χ2v) is 4.96. The van der Waals surface area contributed by atoms with Crippen molar-refractivity contribution in [2.45, 2.75) is 26.7 Å². The summed E-state index contributed by atoms with van der Waals surface area (Å²) >= 11 is 4.41. The van der Waals surface area contributed by atoms with Gasteiger partial charge in [-0.3, -0.25) is 0 Å². The summed E-state index contributed by atoms with van der Waals surface area (Å²) in [5.41, 5.74) is 0. The van der Waals surface area contributed by atoms with Crippen molar-refractivity contribution in [2.75, 3.05) is 45.0 Å². The van der Waals surface area contributed by atoms with Gasteiger partial charge in [0.1, 0.15) is 0 Å². The molecule has 0 N–H and O–H groups in total. The molecule has 1 unspecified atom stereocenters.